The summed E-state index contributed by atoms with van der Waals surface area (Å²) in [5, 5.41) is 7.96. The van der Waals surface area contributed by atoms with E-state index in [-0.39, 0.29) is 0 Å². The Morgan fingerprint density at radius 1 is 1.50 bits per heavy atom. The zero-order valence-corrected chi connectivity index (χ0v) is 12.1. The van der Waals surface area contributed by atoms with Crippen LogP contribution in [0.1, 0.15) is 39.9 Å². The molecule has 1 aliphatic carbocycles. The molecule has 0 spiro atoms. The van der Waals surface area contributed by atoms with Gasteiger partial charge in [-0.2, -0.15) is 5.10 Å². The molecule has 1 aromatic heterocycles. The molecule has 3 unspecified atom stereocenters. The first-order valence-corrected chi connectivity index (χ1v) is 7.21. The van der Waals surface area contributed by atoms with Crippen molar-refractivity contribution in [1.82, 2.24) is 20.1 Å². The third kappa shape index (κ3) is 3.31. The van der Waals surface area contributed by atoms with Crippen molar-refractivity contribution in [2.75, 3.05) is 6.54 Å². The van der Waals surface area contributed by atoms with Crippen molar-refractivity contribution in [3.63, 3.8) is 0 Å². The normalized spacial score (nSPS) is 24.5. The smallest absolute Gasteiger partial charge is 0.138 e. The lowest BCUT2D eigenvalue weighted by Crippen LogP contribution is -2.34. The fraction of sp³-hybridized carbons (Fsp3) is 0.857. The van der Waals surface area contributed by atoms with E-state index in [0.717, 1.165) is 37.2 Å². The fourth-order valence-electron chi connectivity index (χ4n) is 2.69. The Morgan fingerprint density at radius 3 is 2.78 bits per heavy atom. The average Bonchev–Trinajstić information content (AvgIpc) is 2.87. The summed E-state index contributed by atoms with van der Waals surface area (Å²) >= 11 is 0. The third-order valence-corrected chi connectivity index (χ3v) is 3.79. The maximum absolute atomic E-state index is 4.44. The number of hydrogen-bond donors (Lipinski definition) is 1. The standard InChI is InChI=1S/C14H26N4/c1-5-15-13(12-6-11(12)4)7-14-16-9-17-18(14)8-10(2)3/h9-13,15H,5-8H2,1-4H3. The van der Waals surface area contributed by atoms with Gasteiger partial charge >= 0.3 is 0 Å². The van der Waals surface area contributed by atoms with Crippen LogP contribution in [-0.2, 0) is 13.0 Å². The van der Waals surface area contributed by atoms with E-state index in [1.165, 1.54) is 6.42 Å². The lowest BCUT2D eigenvalue weighted by molar-refractivity contribution is 0.415. The van der Waals surface area contributed by atoms with Crippen LogP contribution in [-0.4, -0.2) is 27.4 Å². The summed E-state index contributed by atoms with van der Waals surface area (Å²) in [6.07, 6.45) is 4.06. The van der Waals surface area contributed by atoms with Crippen LogP contribution >= 0.6 is 0 Å². The van der Waals surface area contributed by atoms with Crippen LogP contribution in [0.4, 0.5) is 0 Å². The molecule has 1 heterocycles. The van der Waals surface area contributed by atoms with Crippen LogP contribution in [0.5, 0.6) is 0 Å². The van der Waals surface area contributed by atoms with Crippen molar-refractivity contribution in [1.29, 1.82) is 0 Å². The Labute approximate surface area is 110 Å². The fourth-order valence-corrected chi connectivity index (χ4v) is 2.69. The molecule has 0 aromatic carbocycles. The number of likely N-dealkylation sites (N-methyl/N-ethyl adjacent to an activating group) is 1. The van der Waals surface area contributed by atoms with E-state index in [2.05, 4.69) is 47.8 Å². The Balaban J connectivity index is 2.00. The van der Waals surface area contributed by atoms with Crippen molar-refractivity contribution < 1.29 is 0 Å². The molecule has 1 fully saturated rings. The van der Waals surface area contributed by atoms with Gasteiger partial charge in [-0.1, -0.05) is 27.7 Å². The molecule has 0 radical (unpaired) electrons. The Kier molecular flexibility index (Phi) is 4.38. The number of nitrogens with zero attached hydrogens (tertiary/aromatic N) is 3. The van der Waals surface area contributed by atoms with Crippen LogP contribution in [0.2, 0.25) is 0 Å². The van der Waals surface area contributed by atoms with Crippen molar-refractivity contribution in [3.05, 3.63) is 12.2 Å². The predicted octanol–water partition coefficient (Wildman–Crippen LogP) is 2.11. The summed E-state index contributed by atoms with van der Waals surface area (Å²) in [5.41, 5.74) is 0. The second kappa shape index (κ2) is 5.83. The van der Waals surface area contributed by atoms with Gasteiger partial charge in [-0.3, -0.25) is 0 Å². The second-order valence-electron chi connectivity index (χ2n) is 6.00. The molecule has 0 aliphatic heterocycles. The van der Waals surface area contributed by atoms with E-state index in [0.29, 0.717) is 12.0 Å². The van der Waals surface area contributed by atoms with Crippen LogP contribution in [0, 0.1) is 17.8 Å². The van der Waals surface area contributed by atoms with Gasteiger partial charge in [-0.25, -0.2) is 9.67 Å². The monoisotopic (exact) mass is 250 g/mol. The molecule has 4 heteroatoms. The zero-order chi connectivity index (χ0) is 13.1. The Hall–Kier alpha value is -0.900. The first kappa shape index (κ1) is 13.5. The highest BCUT2D eigenvalue weighted by Crippen LogP contribution is 2.41. The van der Waals surface area contributed by atoms with Gasteiger partial charge in [0.2, 0.25) is 0 Å². The predicted molar refractivity (Wildman–Crippen MR) is 73.3 cm³/mol. The molecule has 1 aromatic rings. The second-order valence-corrected chi connectivity index (χ2v) is 6.00. The molecule has 0 bridgehead atoms. The first-order valence-electron chi connectivity index (χ1n) is 7.21. The molecule has 3 atom stereocenters. The van der Waals surface area contributed by atoms with Crippen molar-refractivity contribution in [2.45, 2.75) is 53.1 Å². The minimum Gasteiger partial charge on any atom is -0.314 e. The van der Waals surface area contributed by atoms with Crippen molar-refractivity contribution in [2.24, 2.45) is 17.8 Å². The third-order valence-electron chi connectivity index (χ3n) is 3.79. The van der Waals surface area contributed by atoms with Crippen LogP contribution in [0.25, 0.3) is 0 Å². The number of rotatable bonds is 7. The van der Waals surface area contributed by atoms with Crippen LogP contribution in [0.3, 0.4) is 0 Å². The van der Waals surface area contributed by atoms with Gasteiger partial charge in [0.1, 0.15) is 12.2 Å². The maximum Gasteiger partial charge on any atom is 0.138 e. The lowest BCUT2D eigenvalue weighted by atomic mass is 10.1. The average molecular weight is 250 g/mol. The molecule has 1 aliphatic rings. The van der Waals surface area contributed by atoms with Gasteiger partial charge < -0.3 is 5.32 Å². The zero-order valence-electron chi connectivity index (χ0n) is 12.1. The molecule has 18 heavy (non-hydrogen) atoms. The van der Waals surface area contributed by atoms with E-state index in [1.54, 1.807) is 6.33 Å². The SMILES string of the molecule is CCNC(Cc1ncnn1CC(C)C)C1CC1C. The molecular weight excluding hydrogens is 224 g/mol. The van der Waals surface area contributed by atoms with E-state index in [4.69, 9.17) is 0 Å². The van der Waals surface area contributed by atoms with Crippen molar-refractivity contribution in [3.8, 4) is 0 Å². The summed E-state index contributed by atoms with van der Waals surface area (Å²) in [6, 6.07) is 0.570. The van der Waals surface area contributed by atoms with Gasteiger partial charge in [0.25, 0.3) is 0 Å². The molecule has 4 nitrogen and oxygen atoms in total. The summed E-state index contributed by atoms with van der Waals surface area (Å²) in [5.74, 6) is 3.45. The molecule has 1 N–H and O–H groups in total. The van der Waals surface area contributed by atoms with Gasteiger partial charge in [-0.15, -0.1) is 0 Å². The molecule has 2 rings (SSSR count). The summed E-state index contributed by atoms with van der Waals surface area (Å²) in [6.45, 7) is 11.0. The highest BCUT2D eigenvalue weighted by Gasteiger charge is 2.39. The van der Waals surface area contributed by atoms with Gasteiger partial charge in [0, 0.05) is 19.0 Å². The quantitative estimate of drug-likeness (QED) is 0.806. The lowest BCUT2D eigenvalue weighted by Gasteiger charge is -2.18. The minimum atomic E-state index is 0.570. The van der Waals surface area contributed by atoms with Crippen LogP contribution in [0.15, 0.2) is 6.33 Å². The van der Waals surface area contributed by atoms with E-state index in [1.807, 2.05) is 0 Å². The molecule has 1 saturated carbocycles. The highest BCUT2D eigenvalue weighted by atomic mass is 15.3. The Morgan fingerprint density at radius 2 is 2.22 bits per heavy atom. The van der Waals surface area contributed by atoms with E-state index < -0.39 is 0 Å². The Bertz CT molecular complexity index is 372. The number of nitrogens with one attached hydrogen (secondary N) is 1. The van der Waals surface area contributed by atoms with E-state index >= 15 is 0 Å². The summed E-state index contributed by atoms with van der Waals surface area (Å²) < 4.78 is 2.07. The summed E-state index contributed by atoms with van der Waals surface area (Å²) in [4.78, 5) is 4.44. The van der Waals surface area contributed by atoms with E-state index in [9.17, 15) is 0 Å². The van der Waals surface area contributed by atoms with Gasteiger partial charge in [0.15, 0.2) is 0 Å². The molecule has 0 saturated heterocycles. The van der Waals surface area contributed by atoms with Gasteiger partial charge in [0.05, 0.1) is 0 Å². The van der Waals surface area contributed by atoms with Crippen molar-refractivity contribution >= 4 is 0 Å². The number of hydrogen-bond acceptors (Lipinski definition) is 3. The summed E-state index contributed by atoms with van der Waals surface area (Å²) in [7, 11) is 0. The number of aromatic nitrogens is 3. The highest BCUT2D eigenvalue weighted by molar-refractivity contribution is 4.99. The minimum absolute atomic E-state index is 0.570. The largest absolute Gasteiger partial charge is 0.314 e. The molecular formula is C14H26N4. The molecule has 102 valence electrons. The first-order chi connectivity index (χ1) is 8.61. The maximum atomic E-state index is 4.44. The van der Waals surface area contributed by atoms with Crippen LogP contribution < -0.4 is 5.32 Å². The van der Waals surface area contributed by atoms with Gasteiger partial charge in [-0.05, 0) is 30.7 Å². The topological polar surface area (TPSA) is 42.7 Å². The molecule has 0 amide bonds.